The molecule has 2 fully saturated rings. The first-order valence-electron chi connectivity index (χ1n) is 8.38. The van der Waals surface area contributed by atoms with Gasteiger partial charge in [-0.05, 0) is 49.1 Å². The van der Waals surface area contributed by atoms with Gasteiger partial charge < -0.3 is 5.11 Å². The maximum Gasteiger partial charge on any atom is 0.158 e. The third-order valence-corrected chi connectivity index (χ3v) is 5.32. The summed E-state index contributed by atoms with van der Waals surface area (Å²) in [4.78, 5) is 8.64. The Bertz CT molecular complexity index is 970. The van der Waals surface area contributed by atoms with Crippen LogP contribution in [0.15, 0.2) is 30.5 Å². The van der Waals surface area contributed by atoms with Crippen LogP contribution in [0.2, 0.25) is 0 Å². The monoisotopic (exact) mass is 333 g/mol. The largest absolute Gasteiger partial charge is 0.388 e. The normalized spacial score (nSPS) is 19.4. The molecule has 1 atom stereocenters. The predicted octanol–water partition coefficient (Wildman–Crippen LogP) is 3.02. The lowest BCUT2D eigenvalue weighted by Gasteiger charge is -2.07. The van der Waals surface area contributed by atoms with Gasteiger partial charge in [0.25, 0.3) is 0 Å². The molecular weight excluding hydrogens is 314 g/mol. The van der Waals surface area contributed by atoms with Crippen LogP contribution < -0.4 is 0 Å². The zero-order valence-electron chi connectivity index (χ0n) is 14.1. The van der Waals surface area contributed by atoms with E-state index in [0.29, 0.717) is 17.1 Å². The molecule has 0 amide bonds. The molecule has 2 aromatic heterocycles. The molecule has 2 heterocycles. The first-order chi connectivity index (χ1) is 12.2. The number of hydrogen-bond acceptors (Lipinski definition) is 5. The minimum absolute atomic E-state index is 0.163. The van der Waals surface area contributed by atoms with Crippen molar-refractivity contribution in [2.45, 2.75) is 38.7 Å². The van der Waals surface area contributed by atoms with Gasteiger partial charge in [0.2, 0.25) is 0 Å². The van der Waals surface area contributed by atoms with Gasteiger partial charge >= 0.3 is 0 Å². The van der Waals surface area contributed by atoms with Crippen molar-refractivity contribution < 1.29 is 5.11 Å². The molecule has 2 saturated carbocycles. The molecule has 0 radical (unpaired) electrons. The molecule has 1 N–H and O–H groups in total. The van der Waals surface area contributed by atoms with E-state index in [1.807, 2.05) is 23.9 Å². The SMILES string of the molecule is C#N.Cc1cc(-n2ncc3ccc(C4CC45CC5)cc32)nc(CO)n1. The smallest absolute Gasteiger partial charge is 0.158 e. The van der Waals surface area contributed by atoms with Gasteiger partial charge in [-0.3, -0.25) is 0 Å². The quantitative estimate of drug-likeness (QED) is 0.796. The summed E-state index contributed by atoms with van der Waals surface area (Å²) in [6, 6.07) is 8.56. The Balaban J connectivity index is 0.000000758. The van der Waals surface area contributed by atoms with E-state index in [1.54, 1.807) is 0 Å². The van der Waals surface area contributed by atoms with Crippen LogP contribution in [0.25, 0.3) is 16.7 Å². The molecule has 1 unspecified atom stereocenters. The van der Waals surface area contributed by atoms with E-state index in [9.17, 15) is 5.11 Å². The van der Waals surface area contributed by atoms with Crippen LogP contribution >= 0.6 is 0 Å². The highest BCUT2D eigenvalue weighted by Gasteiger charge is 2.62. The van der Waals surface area contributed by atoms with Gasteiger partial charge in [0.1, 0.15) is 6.61 Å². The summed E-state index contributed by atoms with van der Waals surface area (Å²) in [7, 11) is 0. The number of aliphatic hydroxyl groups excluding tert-OH is 1. The van der Waals surface area contributed by atoms with Gasteiger partial charge in [-0.1, -0.05) is 12.1 Å². The molecule has 3 aromatic rings. The second kappa shape index (κ2) is 5.64. The van der Waals surface area contributed by atoms with Crippen LogP contribution in [-0.4, -0.2) is 24.9 Å². The van der Waals surface area contributed by atoms with E-state index in [0.717, 1.165) is 22.5 Å². The number of aryl methyl sites for hydroxylation is 1. The van der Waals surface area contributed by atoms with E-state index in [2.05, 4.69) is 39.8 Å². The summed E-state index contributed by atoms with van der Waals surface area (Å²) in [5, 5.41) is 21.4. The first-order valence-corrected chi connectivity index (χ1v) is 8.38. The number of fused-ring (bicyclic) bond motifs is 1. The highest BCUT2D eigenvalue weighted by Crippen LogP contribution is 2.75. The summed E-state index contributed by atoms with van der Waals surface area (Å²) in [5.74, 6) is 1.87. The molecule has 1 spiro atoms. The van der Waals surface area contributed by atoms with E-state index in [4.69, 9.17) is 5.26 Å². The van der Waals surface area contributed by atoms with Crippen molar-refractivity contribution in [1.82, 2.24) is 19.7 Å². The number of nitriles is 1. The fraction of sp³-hybridized carbons (Fsp3) is 0.368. The Hall–Kier alpha value is -2.78. The molecule has 0 bridgehead atoms. The summed E-state index contributed by atoms with van der Waals surface area (Å²) in [6.07, 6.45) is 5.99. The van der Waals surface area contributed by atoms with Gasteiger partial charge in [0.05, 0.1) is 11.7 Å². The molecule has 1 aromatic carbocycles. The fourth-order valence-corrected chi connectivity index (χ4v) is 3.76. The Morgan fingerprint density at radius 3 is 2.76 bits per heavy atom. The van der Waals surface area contributed by atoms with Gasteiger partial charge in [-0.25, -0.2) is 19.9 Å². The first kappa shape index (κ1) is 15.7. The van der Waals surface area contributed by atoms with Crippen molar-refractivity contribution >= 4 is 10.9 Å². The topological polar surface area (TPSA) is 87.6 Å². The number of nitrogens with zero attached hydrogens (tertiary/aromatic N) is 5. The Morgan fingerprint density at radius 2 is 2.08 bits per heavy atom. The lowest BCUT2D eigenvalue weighted by molar-refractivity contribution is 0.271. The fourth-order valence-electron chi connectivity index (χ4n) is 3.76. The molecule has 25 heavy (non-hydrogen) atoms. The standard InChI is InChI=1S/C18H18N4O.CHN/c1-11-6-17(21-16(10-23)20-11)22-15-7-12(2-3-13(15)9-19-22)14-8-18(14)4-5-18;1-2/h2-3,6-7,9,14,23H,4-5,8,10H2,1H3;1H. The number of benzene rings is 1. The minimum Gasteiger partial charge on any atom is -0.388 e. The lowest BCUT2D eigenvalue weighted by Crippen LogP contribution is -2.05. The maximum absolute atomic E-state index is 9.33. The Morgan fingerprint density at radius 1 is 1.28 bits per heavy atom. The zero-order valence-corrected chi connectivity index (χ0v) is 14.1. The van der Waals surface area contributed by atoms with Crippen LogP contribution in [0, 0.1) is 24.2 Å². The molecule has 2 aliphatic rings. The second-order valence-electron chi connectivity index (χ2n) is 6.94. The third-order valence-electron chi connectivity index (χ3n) is 5.32. The van der Waals surface area contributed by atoms with E-state index in [1.165, 1.54) is 24.8 Å². The number of hydrogen-bond donors (Lipinski definition) is 1. The molecule has 0 saturated heterocycles. The van der Waals surface area contributed by atoms with Crippen molar-refractivity contribution in [1.29, 1.82) is 5.26 Å². The predicted molar refractivity (Wildman–Crippen MR) is 93.0 cm³/mol. The highest BCUT2D eigenvalue weighted by molar-refractivity contribution is 5.81. The van der Waals surface area contributed by atoms with Crippen molar-refractivity contribution in [2.75, 3.05) is 0 Å². The molecular formula is C19H19N5O. The van der Waals surface area contributed by atoms with Crippen LogP contribution in [0.1, 0.15) is 42.3 Å². The van der Waals surface area contributed by atoms with Crippen LogP contribution in [0.4, 0.5) is 0 Å². The van der Waals surface area contributed by atoms with Crippen molar-refractivity contribution in [3.63, 3.8) is 0 Å². The van der Waals surface area contributed by atoms with Gasteiger partial charge in [-0.2, -0.15) is 5.10 Å². The van der Waals surface area contributed by atoms with Crippen LogP contribution in [0.5, 0.6) is 0 Å². The molecule has 6 nitrogen and oxygen atoms in total. The van der Waals surface area contributed by atoms with Gasteiger partial charge in [0, 0.05) is 23.7 Å². The molecule has 2 aliphatic carbocycles. The van der Waals surface area contributed by atoms with Crippen molar-refractivity contribution in [2.24, 2.45) is 5.41 Å². The van der Waals surface area contributed by atoms with Crippen molar-refractivity contribution in [3.8, 4) is 12.4 Å². The number of aliphatic hydroxyl groups is 1. The summed E-state index contributed by atoms with van der Waals surface area (Å²) < 4.78 is 1.86. The molecule has 0 aliphatic heterocycles. The maximum atomic E-state index is 9.33. The summed E-state index contributed by atoms with van der Waals surface area (Å²) >= 11 is 0. The van der Waals surface area contributed by atoms with E-state index < -0.39 is 0 Å². The van der Waals surface area contributed by atoms with Crippen LogP contribution in [-0.2, 0) is 6.61 Å². The summed E-state index contributed by atoms with van der Waals surface area (Å²) in [6.45, 7) is 5.24. The molecule has 126 valence electrons. The average Bonchev–Trinajstić information content (AvgIpc) is 3.54. The molecule has 5 rings (SSSR count). The second-order valence-corrected chi connectivity index (χ2v) is 6.94. The average molecular weight is 333 g/mol. The summed E-state index contributed by atoms with van der Waals surface area (Å²) in [5.41, 5.74) is 3.98. The Kier molecular flexibility index (Phi) is 3.55. The number of aromatic nitrogens is 4. The zero-order chi connectivity index (χ0) is 17.6. The highest BCUT2D eigenvalue weighted by atomic mass is 16.3. The molecule has 6 heteroatoms. The third kappa shape index (κ3) is 2.57. The lowest BCUT2D eigenvalue weighted by atomic mass is 10.1. The van der Waals surface area contributed by atoms with Crippen molar-refractivity contribution in [3.05, 3.63) is 47.5 Å². The van der Waals surface area contributed by atoms with E-state index in [-0.39, 0.29) is 6.61 Å². The minimum atomic E-state index is -0.163. The Labute approximate surface area is 145 Å². The van der Waals surface area contributed by atoms with Gasteiger partial charge in [-0.15, -0.1) is 0 Å². The van der Waals surface area contributed by atoms with E-state index >= 15 is 0 Å². The van der Waals surface area contributed by atoms with Crippen LogP contribution in [0.3, 0.4) is 0 Å². The number of rotatable bonds is 3. The van der Waals surface area contributed by atoms with Gasteiger partial charge in [0.15, 0.2) is 11.6 Å².